The smallest absolute Gasteiger partial charge is 0.331 e. The van der Waals surface area contributed by atoms with E-state index in [1.54, 1.807) is 121 Å². The number of halogens is 4. The van der Waals surface area contributed by atoms with E-state index >= 15 is 0 Å². The molecule has 6 aromatic rings. The van der Waals surface area contributed by atoms with Crippen molar-refractivity contribution in [3.63, 3.8) is 0 Å². The third-order valence-electron chi connectivity index (χ3n) is 12.7. The molecule has 4 aliphatic heterocycles. The Morgan fingerprint density at radius 1 is 0.430 bits per heavy atom. The van der Waals surface area contributed by atoms with E-state index in [0.29, 0.717) is 0 Å². The van der Waals surface area contributed by atoms with Crippen LogP contribution in [0.4, 0.5) is 0 Å². The third kappa shape index (κ3) is 30.8. The van der Waals surface area contributed by atoms with Crippen LogP contribution in [0.1, 0.15) is 27.8 Å². The van der Waals surface area contributed by atoms with Gasteiger partial charge in [0.2, 0.25) is 19.7 Å². The molecule has 8 atom stereocenters. The molecule has 93 heavy (non-hydrogen) atoms. The highest BCUT2D eigenvalue weighted by molar-refractivity contribution is 8.26. The number of aliphatic hydroxyl groups excluding tert-OH is 2. The summed E-state index contributed by atoms with van der Waals surface area (Å²) >= 11 is 10.3. The predicted octanol–water partition coefficient (Wildman–Crippen LogP) is 10.4. The number of hydrogen-bond acceptors (Lipinski definition) is 20. The van der Waals surface area contributed by atoms with Crippen LogP contribution in [0.2, 0.25) is 0 Å². The van der Waals surface area contributed by atoms with Crippen molar-refractivity contribution in [1.29, 1.82) is 0 Å². The highest BCUT2D eigenvalue weighted by Gasteiger charge is 2.51. The van der Waals surface area contributed by atoms with Crippen LogP contribution in [0, 0.1) is 0 Å². The summed E-state index contributed by atoms with van der Waals surface area (Å²) in [6, 6.07) is 42.0. The highest BCUT2D eigenvalue weighted by Crippen LogP contribution is 2.31. The minimum absolute atomic E-state index is 0.174. The van der Waals surface area contributed by atoms with Crippen LogP contribution in [0.3, 0.4) is 0 Å². The number of fused-ring (bicyclic) bond motifs is 2. The van der Waals surface area contributed by atoms with Gasteiger partial charge in [-0.05, 0) is 154 Å². The topological polar surface area (TPSA) is 278 Å². The average Bonchev–Trinajstić information content (AvgIpc) is 1.67. The number of hydrogen-bond donors (Lipinski definition) is 3. The number of carboxylic acids is 1. The summed E-state index contributed by atoms with van der Waals surface area (Å²) in [6.45, 7) is 0.916. The molecule has 3 N–H and O–H groups in total. The lowest BCUT2D eigenvalue weighted by Crippen LogP contribution is -2.35. The van der Waals surface area contributed by atoms with Crippen LogP contribution < -0.4 is 23.7 Å². The van der Waals surface area contributed by atoms with Gasteiger partial charge in [-0.3, -0.25) is 14.6 Å². The van der Waals surface area contributed by atoms with Gasteiger partial charge in [0.25, 0.3) is 0 Å². The number of pyridine rings is 1. The molecule has 4 aliphatic rings. The SMILES string of the molecule is COc1ccc(/C=C/C(=O)Cl)cc1.COc1ccc(/C=C/C(=O)Cl)cc1.COc1ccc(/C=C/C(=O)O)cc1.COc1ccc(/C=C/C(=O)O[C@@H]2COC3C2OC[C@H]3OC(=O)/C=C/c2ccc(OC)cc2)cc1.O=S(Cl)Cl.O[C@@H]1COC2C1OC[C@H]2O.c1ccncc1. The van der Waals surface area contributed by atoms with E-state index < -0.39 is 74.2 Å². The minimum Gasteiger partial charge on any atom is -0.497 e. The van der Waals surface area contributed by atoms with Crippen molar-refractivity contribution in [2.75, 3.05) is 62.0 Å². The van der Waals surface area contributed by atoms with Crippen molar-refractivity contribution in [2.45, 2.75) is 48.8 Å². The molecule has 1 aromatic heterocycles. The summed E-state index contributed by atoms with van der Waals surface area (Å²) in [5.74, 6) is 1.84. The van der Waals surface area contributed by atoms with E-state index in [4.69, 9.17) is 94.8 Å². The molecular weight excluding hydrogens is 1310 g/mol. The normalized spacial score (nSPS) is 19.6. The first kappa shape index (κ1) is 77.2. The zero-order valence-corrected chi connectivity index (χ0v) is 54.6. The fourth-order valence-electron chi connectivity index (χ4n) is 8.17. The van der Waals surface area contributed by atoms with Gasteiger partial charge in [-0.25, -0.2) is 18.6 Å². The first-order chi connectivity index (χ1) is 44.7. The van der Waals surface area contributed by atoms with Gasteiger partial charge < -0.3 is 67.4 Å². The van der Waals surface area contributed by atoms with Gasteiger partial charge in [0.1, 0.15) is 65.4 Å². The molecule has 21 nitrogen and oxygen atoms in total. The van der Waals surface area contributed by atoms with E-state index in [1.807, 2.05) is 91.0 Å². The number of esters is 2. The number of nitrogens with zero attached hydrogens (tertiary/aromatic N) is 1. The van der Waals surface area contributed by atoms with Gasteiger partial charge in [0.05, 0.1) is 62.0 Å². The van der Waals surface area contributed by atoms with Crippen molar-refractivity contribution >= 4 is 113 Å². The minimum atomic E-state index is -1.67. The Morgan fingerprint density at radius 2 is 0.688 bits per heavy atom. The summed E-state index contributed by atoms with van der Waals surface area (Å²) in [5.41, 5.74) is 4.34. The molecule has 0 bridgehead atoms. The highest BCUT2D eigenvalue weighted by atomic mass is 36.0. The van der Waals surface area contributed by atoms with Crippen molar-refractivity contribution in [1.82, 2.24) is 4.98 Å². The Hall–Kier alpha value is -8.23. The Kier molecular flexibility index (Phi) is 36.2. The predicted molar refractivity (Wildman–Crippen MR) is 354 cm³/mol. The third-order valence-corrected chi connectivity index (χ3v) is 13.0. The van der Waals surface area contributed by atoms with Crippen LogP contribution in [-0.4, -0.2) is 164 Å². The van der Waals surface area contributed by atoms with Gasteiger partial charge in [0, 0.05) is 52.0 Å². The lowest BCUT2D eigenvalue weighted by molar-refractivity contribution is -0.149. The summed E-state index contributed by atoms with van der Waals surface area (Å²) < 4.78 is 66.8. The van der Waals surface area contributed by atoms with Crippen molar-refractivity contribution < 1.29 is 95.6 Å². The second-order valence-corrected chi connectivity index (χ2v) is 22.2. The van der Waals surface area contributed by atoms with Crippen LogP contribution in [0.15, 0.2) is 182 Å². The zero-order chi connectivity index (χ0) is 67.9. The maximum atomic E-state index is 12.3. The number of benzene rings is 5. The fourth-order valence-corrected chi connectivity index (χ4v) is 8.30. The summed E-state index contributed by atoms with van der Waals surface area (Å²) in [5, 5.41) is 25.7. The van der Waals surface area contributed by atoms with Crippen LogP contribution in [0.5, 0.6) is 28.7 Å². The van der Waals surface area contributed by atoms with E-state index in [9.17, 15) is 24.0 Å². The van der Waals surface area contributed by atoms with Gasteiger partial charge in [-0.15, -0.1) is 0 Å². The molecule has 26 heteroatoms. The van der Waals surface area contributed by atoms with Crippen LogP contribution >= 0.6 is 44.6 Å². The second kappa shape index (κ2) is 43.6. The summed E-state index contributed by atoms with van der Waals surface area (Å²) in [6.07, 6.45) is 14.2. The Labute approximate surface area is 559 Å². The van der Waals surface area contributed by atoms with Gasteiger partial charge in [0.15, 0.2) is 12.2 Å². The molecule has 10 rings (SSSR count). The molecule has 5 heterocycles. The lowest BCUT2D eigenvalue weighted by Gasteiger charge is -2.16. The number of carbonyl (C=O) groups is 5. The molecule has 4 fully saturated rings. The monoisotopic (exact) mass is 1380 g/mol. The maximum absolute atomic E-state index is 12.3. The lowest BCUT2D eigenvalue weighted by atomic mass is 10.1. The van der Waals surface area contributed by atoms with Crippen molar-refractivity contribution in [3.05, 3.63) is 210 Å². The van der Waals surface area contributed by atoms with Crippen molar-refractivity contribution in [2.24, 2.45) is 0 Å². The van der Waals surface area contributed by atoms with E-state index in [0.717, 1.165) is 62.6 Å². The Morgan fingerprint density at radius 3 is 0.914 bits per heavy atom. The van der Waals surface area contributed by atoms with Gasteiger partial charge >= 0.3 is 17.9 Å². The number of methoxy groups -OCH3 is 5. The number of aliphatic hydroxyl groups is 2. The van der Waals surface area contributed by atoms with E-state index in [1.165, 1.54) is 30.4 Å². The van der Waals surface area contributed by atoms with E-state index in [-0.39, 0.29) is 38.6 Å². The maximum Gasteiger partial charge on any atom is 0.331 e. The number of aliphatic carboxylic acids is 1. The number of ether oxygens (including phenoxy) is 11. The second-order valence-electron chi connectivity index (χ2n) is 19.0. The van der Waals surface area contributed by atoms with Crippen LogP contribution in [-0.2, 0) is 61.6 Å². The number of aromatic nitrogens is 1. The molecule has 496 valence electrons. The van der Waals surface area contributed by atoms with Gasteiger partial charge in [-0.1, -0.05) is 78.9 Å². The molecule has 4 unspecified atom stereocenters. The molecule has 0 radical (unpaired) electrons. The van der Waals surface area contributed by atoms with Gasteiger partial charge in [-0.2, -0.15) is 0 Å². The van der Waals surface area contributed by atoms with Crippen LogP contribution in [0.25, 0.3) is 30.4 Å². The first-order valence-electron chi connectivity index (χ1n) is 27.8. The summed E-state index contributed by atoms with van der Waals surface area (Å²) in [7, 11) is 15.3. The number of rotatable bonds is 17. The Balaban J connectivity index is 0.000000259. The first-order valence-corrected chi connectivity index (χ1v) is 31.4. The number of carbonyl (C=O) groups excluding carboxylic acids is 4. The fraction of sp³-hybridized carbons (Fsp3) is 0.254. The van der Waals surface area contributed by atoms with E-state index in [2.05, 4.69) is 26.3 Å². The number of allylic oxidation sites excluding steroid dienone is 2. The zero-order valence-electron chi connectivity index (χ0n) is 50.8. The number of carboxylic acid groups (broad SMARTS) is 1. The Bertz CT molecular complexity index is 3080. The molecule has 0 saturated carbocycles. The molecule has 4 saturated heterocycles. The largest absolute Gasteiger partial charge is 0.497 e. The molecular formula is C67H69Cl4NO20S. The molecule has 0 amide bonds. The molecule has 0 aliphatic carbocycles. The van der Waals surface area contributed by atoms with Crippen molar-refractivity contribution in [3.8, 4) is 28.7 Å². The average molecular weight is 1380 g/mol. The quantitative estimate of drug-likeness (QED) is 0.0435. The standard InChI is InChI=1S/C26H26O8.2C10H9ClO2.C10H10O3.C6H10O4.C5H5N.Cl2OS/c1-29-19-9-3-17(4-10-19)7-13-23(27)33-21-15-31-26-22(16-32-25(21)26)34-24(28)14-8-18-5-11-20(30-2)12-6-18;3*1-13-9-5-2-8(3-6-9)4-7-10(11)12;7-3-1-9-6-4(8)2-10-5(3)6;1-2-4-6-5-3-1;1-4(2)3/h3-14,21-22,25-26H,15-16H2,1-2H3;2*2-7H,1H3;2-7H,1H3,(H,11,12);3-8H,1-2H2;1-5H;/b13-7+,14-8+;3*7-4+;;;/t21-,22-,25?,26?;;;;3-,4-,5?,6?;;/m1...1../s1. The molecule has 5 aromatic carbocycles. The molecule has 0 spiro atoms. The summed E-state index contributed by atoms with van der Waals surface area (Å²) in [4.78, 5) is 59.3.